The summed E-state index contributed by atoms with van der Waals surface area (Å²) >= 11 is 0. The molecule has 1 aromatic heterocycles. The number of ether oxygens (including phenoxy) is 2. The molecule has 0 saturated heterocycles. The highest BCUT2D eigenvalue weighted by Gasteiger charge is 2.37. The van der Waals surface area contributed by atoms with Gasteiger partial charge in [-0.15, -0.1) is 0 Å². The lowest BCUT2D eigenvalue weighted by molar-refractivity contribution is -0.237. The van der Waals surface area contributed by atoms with Gasteiger partial charge in [0.1, 0.15) is 13.2 Å². The summed E-state index contributed by atoms with van der Waals surface area (Å²) in [7, 11) is -3.88. The Bertz CT molecular complexity index is 525. The van der Waals surface area contributed by atoms with Gasteiger partial charge in [0.2, 0.25) is 21.7 Å². The Hall–Kier alpha value is -1.16. The molecule has 1 atom stereocenters. The number of rotatable bonds is 3. The van der Waals surface area contributed by atoms with Gasteiger partial charge in [-0.2, -0.15) is 5.10 Å². The highest BCUT2D eigenvalue weighted by atomic mass is 32.2. The minimum atomic E-state index is -3.88. The Balaban J connectivity index is 2.34. The van der Waals surface area contributed by atoms with Crippen LogP contribution in [0.15, 0.2) is 11.1 Å². The molecular formula is C8H13N3O5S. The number of nitrogens with zero attached hydrogens (tertiary/aromatic N) is 2. The van der Waals surface area contributed by atoms with Gasteiger partial charge in [0.05, 0.1) is 6.20 Å². The van der Waals surface area contributed by atoms with Gasteiger partial charge in [-0.05, 0) is 6.92 Å². The van der Waals surface area contributed by atoms with Crippen molar-refractivity contribution in [2.24, 2.45) is 5.14 Å². The van der Waals surface area contributed by atoms with Crippen LogP contribution in [-0.4, -0.2) is 42.3 Å². The van der Waals surface area contributed by atoms with Crippen LogP contribution in [-0.2, 0) is 21.3 Å². The maximum atomic E-state index is 11.2. The normalized spacial score (nSPS) is 24.2. The molecule has 1 aromatic rings. The van der Waals surface area contributed by atoms with Gasteiger partial charge in [-0.3, -0.25) is 0 Å². The smallest absolute Gasteiger partial charge is 0.245 e. The van der Waals surface area contributed by atoms with E-state index in [9.17, 15) is 13.5 Å². The second-order valence-electron chi connectivity index (χ2n) is 3.68. The lowest BCUT2D eigenvalue weighted by Crippen LogP contribution is -2.47. The van der Waals surface area contributed by atoms with Crippen molar-refractivity contribution < 1.29 is 23.0 Å². The molecule has 2 heterocycles. The first kappa shape index (κ1) is 12.3. The van der Waals surface area contributed by atoms with Crippen molar-refractivity contribution in [1.29, 1.82) is 0 Å². The molecule has 0 saturated carbocycles. The fraction of sp³-hybridized carbons (Fsp3) is 0.625. The van der Waals surface area contributed by atoms with Crippen molar-refractivity contribution in [1.82, 2.24) is 9.78 Å². The van der Waals surface area contributed by atoms with Crippen molar-refractivity contribution in [2.45, 2.75) is 24.2 Å². The summed E-state index contributed by atoms with van der Waals surface area (Å²) in [6.45, 7) is 1.85. The van der Waals surface area contributed by atoms with E-state index in [0.717, 1.165) is 6.20 Å². The van der Waals surface area contributed by atoms with Crippen LogP contribution < -0.4 is 9.88 Å². The first-order chi connectivity index (χ1) is 7.86. The standard InChI is InChI=1S/C8H13N3O5S/c1-2-16-8(12)4-11-7(15-5-8)6(3-10-11)17(9,13)14/h3,12H,2,4-5H2,1H3,(H2,9,13,14)/t8-/m1/s1. The second kappa shape index (κ2) is 3.95. The Morgan fingerprint density at radius 1 is 1.76 bits per heavy atom. The van der Waals surface area contributed by atoms with Crippen molar-refractivity contribution >= 4 is 10.0 Å². The van der Waals surface area contributed by atoms with E-state index >= 15 is 0 Å². The van der Waals surface area contributed by atoms with Gasteiger partial charge in [0.15, 0.2) is 4.90 Å². The van der Waals surface area contributed by atoms with E-state index in [0.29, 0.717) is 6.61 Å². The number of hydrogen-bond donors (Lipinski definition) is 2. The summed E-state index contributed by atoms with van der Waals surface area (Å²) in [5.41, 5.74) is 0. The monoisotopic (exact) mass is 263 g/mol. The molecule has 1 aliphatic rings. The molecule has 0 aliphatic carbocycles. The molecule has 17 heavy (non-hydrogen) atoms. The number of sulfonamides is 1. The average Bonchev–Trinajstić information content (AvgIpc) is 2.59. The third kappa shape index (κ3) is 2.27. The van der Waals surface area contributed by atoms with E-state index in [1.54, 1.807) is 6.92 Å². The molecule has 0 unspecified atom stereocenters. The lowest BCUT2D eigenvalue weighted by Gasteiger charge is -2.32. The minimum absolute atomic E-state index is 0.00824. The fourth-order valence-corrected chi connectivity index (χ4v) is 2.23. The second-order valence-corrected chi connectivity index (χ2v) is 5.21. The Morgan fingerprint density at radius 3 is 3.06 bits per heavy atom. The zero-order valence-electron chi connectivity index (χ0n) is 9.16. The Kier molecular flexibility index (Phi) is 2.86. The molecule has 0 spiro atoms. The zero-order valence-corrected chi connectivity index (χ0v) is 9.98. The molecule has 0 bridgehead atoms. The number of hydrogen-bond acceptors (Lipinski definition) is 6. The summed E-state index contributed by atoms with van der Waals surface area (Å²) in [5.74, 6) is -1.47. The van der Waals surface area contributed by atoms with Gasteiger partial charge in [0.25, 0.3) is 0 Å². The zero-order chi connectivity index (χ0) is 12.7. The molecule has 0 aromatic carbocycles. The van der Waals surface area contributed by atoms with Crippen LogP contribution >= 0.6 is 0 Å². The van der Waals surface area contributed by atoms with Gasteiger partial charge in [-0.1, -0.05) is 0 Å². The van der Waals surface area contributed by atoms with E-state index in [1.165, 1.54) is 4.68 Å². The van der Waals surface area contributed by atoms with E-state index in [4.69, 9.17) is 14.6 Å². The molecule has 9 heteroatoms. The predicted molar refractivity (Wildman–Crippen MR) is 55.7 cm³/mol. The van der Waals surface area contributed by atoms with E-state index in [-0.39, 0.29) is 23.9 Å². The summed E-state index contributed by atoms with van der Waals surface area (Å²) < 4.78 is 33.9. The summed E-state index contributed by atoms with van der Waals surface area (Å²) in [6, 6.07) is 0. The topological polar surface area (TPSA) is 117 Å². The van der Waals surface area contributed by atoms with Crippen molar-refractivity contribution in [3.8, 4) is 5.88 Å². The highest BCUT2D eigenvalue weighted by molar-refractivity contribution is 7.89. The van der Waals surface area contributed by atoms with Crippen LogP contribution in [0.4, 0.5) is 0 Å². The highest BCUT2D eigenvalue weighted by Crippen LogP contribution is 2.29. The van der Waals surface area contributed by atoms with Crippen LogP contribution in [0, 0.1) is 0 Å². The van der Waals surface area contributed by atoms with Crippen LogP contribution in [0.1, 0.15) is 6.92 Å². The van der Waals surface area contributed by atoms with Crippen LogP contribution in [0.25, 0.3) is 0 Å². The molecular weight excluding hydrogens is 250 g/mol. The van der Waals surface area contributed by atoms with Gasteiger partial charge >= 0.3 is 0 Å². The maximum absolute atomic E-state index is 11.2. The molecule has 8 nitrogen and oxygen atoms in total. The predicted octanol–water partition coefficient (Wildman–Crippen LogP) is -1.35. The SMILES string of the molecule is CCO[C@@]1(O)COc2c(S(N)(=O)=O)cnn2C1. The molecule has 0 fully saturated rings. The average molecular weight is 263 g/mol. The van der Waals surface area contributed by atoms with Crippen LogP contribution in [0.2, 0.25) is 0 Å². The first-order valence-corrected chi connectivity index (χ1v) is 6.48. The Labute approximate surface area is 98.0 Å². The van der Waals surface area contributed by atoms with Gasteiger partial charge < -0.3 is 14.6 Å². The number of aromatic nitrogens is 2. The largest absolute Gasteiger partial charge is 0.471 e. The van der Waals surface area contributed by atoms with Crippen LogP contribution in [0.5, 0.6) is 5.88 Å². The minimum Gasteiger partial charge on any atom is -0.471 e. The molecule has 0 radical (unpaired) electrons. The molecule has 3 N–H and O–H groups in total. The summed E-state index contributed by atoms with van der Waals surface area (Å²) in [5, 5.41) is 18.7. The van der Waals surface area contributed by atoms with E-state index < -0.39 is 15.8 Å². The summed E-state index contributed by atoms with van der Waals surface area (Å²) in [6.07, 6.45) is 1.09. The van der Waals surface area contributed by atoms with E-state index in [1.807, 2.05) is 0 Å². The molecule has 0 amide bonds. The quantitative estimate of drug-likeness (QED) is 0.651. The fourth-order valence-electron chi connectivity index (χ4n) is 1.63. The van der Waals surface area contributed by atoms with Crippen molar-refractivity contribution in [2.75, 3.05) is 13.2 Å². The van der Waals surface area contributed by atoms with Crippen molar-refractivity contribution in [3.63, 3.8) is 0 Å². The maximum Gasteiger partial charge on any atom is 0.245 e. The van der Waals surface area contributed by atoms with Gasteiger partial charge in [-0.25, -0.2) is 18.2 Å². The summed E-state index contributed by atoms with van der Waals surface area (Å²) in [4.78, 5) is -0.198. The van der Waals surface area contributed by atoms with Crippen LogP contribution in [0.3, 0.4) is 0 Å². The van der Waals surface area contributed by atoms with Crippen molar-refractivity contribution in [3.05, 3.63) is 6.20 Å². The Morgan fingerprint density at radius 2 is 2.47 bits per heavy atom. The van der Waals surface area contributed by atoms with Gasteiger partial charge in [0, 0.05) is 6.61 Å². The number of fused-ring (bicyclic) bond motifs is 1. The third-order valence-corrected chi connectivity index (χ3v) is 3.20. The lowest BCUT2D eigenvalue weighted by atomic mass is 10.3. The number of primary sulfonamides is 1. The number of nitrogens with two attached hydrogens (primary N) is 1. The number of aliphatic hydroxyl groups is 1. The first-order valence-electron chi connectivity index (χ1n) is 4.93. The molecule has 96 valence electrons. The molecule has 2 rings (SSSR count). The van der Waals surface area contributed by atoms with E-state index in [2.05, 4.69) is 5.10 Å². The third-order valence-electron chi connectivity index (χ3n) is 2.31. The molecule has 1 aliphatic heterocycles.